The van der Waals surface area contributed by atoms with Gasteiger partial charge in [-0.05, 0) is 0 Å². The van der Waals surface area contributed by atoms with Gasteiger partial charge in [0.2, 0.25) is 0 Å². The minimum absolute atomic E-state index is 0.145. The number of aliphatic hydroxyl groups is 2. The van der Waals surface area contributed by atoms with E-state index in [1.807, 2.05) is 0 Å². The number of hydrogen-bond acceptors (Lipinski definition) is 5. The molecule has 7 nitrogen and oxygen atoms in total. The van der Waals surface area contributed by atoms with Gasteiger partial charge in [0.1, 0.15) is 17.7 Å². The maximum absolute atomic E-state index is 13.7. The lowest BCUT2D eigenvalue weighted by Crippen LogP contribution is -2.24. The summed E-state index contributed by atoms with van der Waals surface area (Å²) in [6, 6.07) is 0. The molecule has 0 spiro atoms. The molecule has 0 aromatic carbocycles. The number of ether oxygens (including phenoxy) is 1. The van der Waals surface area contributed by atoms with Crippen LogP contribution in [0, 0.1) is 5.82 Å². The van der Waals surface area contributed by atoms with E-state index in [0.29, 0.717) is 0 Å². The lowest BCUT2D eigenvalue weighted by Gasteiger charge is -2.13. The Morgan fingerprint density at radius 3 is 3.11 bits per heavy atom. The molecule has 0 saturated carbocycles. The first-order valence-electron chi connectivity index (χ1n) is 5.80. The standard InChI is InChI=1S/C11H12FN3O4/c12-5-2-15(8-1-6(17)7(3-16)19-8)10-9(5)11(18)14-4-13-10/h2,4,6-8,16-17H,1,3H2,(H,13,14,18)/t6-,7+,8+/m0/s1. The van der Waals surface area contributed by atoms with Crippen molar-refractivity contribution in [3.63, 3.8) is 0 Å². The molecule has 0 bridgehead atoms. The van der Waals surface area contributed by atoms with E-state index >= 15 is 0 Å². The minimum Gasteiger partial charge on any atom is -0.394 e. The van der Waals surface area contributed by atoms with Crippen molar-refractivity contribution in [2.75, 3.05) is 6.61 Å². The van der Waals surface area contributed by atoms with E-state index in [9.17, 15) is 14.3 Å². The van der Waals surface area contributed by atoms with Crippen molar-refractivity contribution in [2.45, 2.75) is 24.9 Å². The Kier molecular flexibility index (Phi) is 2.85. The van der Waals surface area contributed by atoms with E-state index in [0.717, 1.165) is 6.20 Å². The molecule has 1 aliphatic heterocycles. The summed E-state index contributed by atoms with van der Waals surface area (Å²) in [6.45, 7) is -0.326. The fourth-order valence-electron chi connectivity index (χ4n) is 2.32. The number of aliphatic hydroxyl groups excluding tert-OH is 2. The van der Waals surface area contributed by atoms with Crippen molar-refractivity contribution < 1.29 is 19.3 Å². The molecule has 0 unspecified atom stereocenters. The van der Waals surface area contributed by atoms with E-state index in [-0.39, 0.29) is 24.1 Å². The predicted molar refractivity (Wildman–Crippen MR) is 61.9 cm³/mol. The van der Waals surface area contributed by atoms with Gasteiger partial charge in [-0.1, -0.05) is 0 Å². The van der Waals surface area contributed by atoms with E-state index in [1.165, 1.54) is 10.9 Å². The van der Waals surface area contributed by atoms with Gasteiger partial charge in [0, 0.05) is 12.6 Å². The summed E-state index contributed by atoms with van der Waals surface area (Å²) in [5.74, 6) is -0.699. The van der Waals surface area contributed by atoms with Crippen LogP contribution in [0.5, 0.6) is 0 Å². The number of fused-ring (bicyclic) bond motifs is 1. The lowest BCUT2D eigenvalue weighted by atomic mass is 10.2. The topological polar surface area (TPSA) is 100 Å². The zero-order chi connectivity index (χ0) is 13.6. The first-order valence-corrected chi connectivity index (χ1v) is 5.80. The van der Waals surface area contributed by atoms with Crippen molar-refractivity contribution in [1.82, 2.24) is 14.5 Å². The van der Waals surface area contributed by atoms with Crippen molar-refractivity contribution in [1.29, 1.82) is 0 Å². The average Bonchev–Trinajstić information content (AvgIpc) is 2.91. The number of aromatic nitrogens is 3. The maximum Gasteiger partial charge on any atom is 0.263 e. The molecule has 3 rings (SSSR count). The Labute approximate surface area is 106 Å². The Morgan fingerprint density at radius 1 is 1.63 bits per heavy atom. The molecule has 3 atom stereocenters. The molecule has 3 heterocycles. The van der Waals surface area contributed by atoms with Crippen LogP contribution in [0.4, 0.5) is 4.39 Å². The van der Waals surface area contributed by atoms with E-state index in [4.69, 9.17) is 9.84 Å². The number of rotatable bonds is 2. The van der Waals surface area contributed by atoms with Gasteiger partial charge in [-0.2, -0.15) is 0 Å². The number of nitrogens with one attached hydrogen (secondary N) is 1. The molecule has 2 aromatic heterocycles. The van der Waals surface area contributed by atoms with Crippen LogP contribution in [0.3, 0.4) is 0 Å². The van der Waals surface area contributed by atoms with Crippen molar-refractivity contribution >= 4 is 11.0 Å². The van der Waals surface area contributed by atoms with E-state index in [2.05, 4.69) is 9.97 Å². The summed E-state index contributed by atoms with van der Waals surface area (Å²) in [6.07, 6.45) is 0.279. The van der Waals surface area contributed by atoms with Gasteiger partial charge in [0.05, 0.1) is 19.0 Å². The van der Waals surface area contributed by atoms with Gasteiger partial charge in [-0.3, -0.25) is 4.79 Å². The van der Waals surface area contributed by atoms with Crippen LogP contribution in [0.25, 0.3) is 11.0 Å². The summed E-state index contributed by atoms with van der Waals surface area (Å²) in [5, 5.41) is 18.6. The summed E-state index contributed by atoms with van der Waals surface area (Å²) < 4.78 is 20.5. The Bertz CT molecular complexity index is 667. The van der Waals surface area contributed by atoms with Gasteiger partial charge in [-0.15, -0.1) is 0 Å². The molecule has 0 radical (unpaired) electrons. The van der Waals surface area contributed by atoms with E-state index in [1.54, 1.807) is 0 Å². The number of nitrogens with zero attached hydrogens (tertiary/aromatic N) is 2. The highest BCUT2D eigenvalue weighted by molar-refractivity contribution is 5.75. The molecular formula is C11H12FN3O4. The van der Waals surface area contributed by atoms with Gasteiger partial charge >= 0.3 is 0 Å². The second kappa shape index (κ2) is 4.41. The first-order chi connectivity index (χ1) is 9.11. The molecule has 1 aliphatic rings. The number of halogens is 1. The molecule has 3 N–H and O–H groups in total. The highest BCUT2D eigenvalue weighted by atomic mass is 19.1. The Morgan fingerprint density at radius 2 is 2.42 bits per heavy atom. The van der Waals surface area contributed by atoms with Crippen LogP contribution in [0.1, 0.15) is 12.6 Å². The second-order valence-corrected chi connectivity index (χ2v) is 4.43. The largest absolute Gasteiger partial charge is 0.394 e. The average molecular weight is 269 g/mol. The molecule has 0 aliphatic carbocycles. The van der Waals surface area contributed by atoms with Crippen molar-refractivity contribution in [3.8, 4) is 0 Å². The summed E-state index contributed by atoms with van der Waals surface area (Å²) >= 11 is 0. The Hall–Kier alpha value is -1.77. The highest BCUT2D eigenvalue weighted by Crippen LogP contribution is 2.31. The molecule has 2 aromatic rings. The van der Waals surface area contributed by atoms with Crippen molar-refractivity contribution in [3.05, 3.63) is 28.7 Å². The zero-order valence-corrected chi connectivity index (χ0v) is 9.78. The highest BCUT2D eigenvalue weighted by Gasteiger charge is 2.35. The SMILES string of the molecule is O=c1[nH]cnc2c1c(F)cn2[C@H]1C[C@H](O)[C@@H](CO)O1. The molecular weight excluding hydrogens is 257 g/mol. The number of H-pyrrole nitrogens is 1. The molecule has 8 heteroatoms. The molecule has 102 valence electrons. The number of hydrogen-bond donors (Lipinski definition) is 3. The zero-order valence-electron chi connectivity index (χ0n) is 9.78. The van der Waals surface area contributed by atoms with Gasteiger partial charge in [-0.25, -0.2) is 9.37 Å². The fraction of sp³-hybridized carbons (Fsp3) is 0.455. The fourth-order valence-corrected chi connectivity index (χ4v) is 2.32. The van der Waals surface area contributed by atoms with Crippen LogP contribution >= 0.6 is 0 Å². The van der Waals surface area contributed by atoms with Gasteiger partial charge < -0.3 is 24.5 Å². The second-order valence-electron chi connectivity index (χ2n) is 4.43. The van der Waals surface area contributed by atoms with Crippen LogP contribution in [-0.2, 0) is 4.74 Å². The number of aromatic amines is 1. The smallest absolute Gasteiger partial charge is 0.263 e. The minimum atomic E-state index is -0.836. The summed E-state index contributed by atoms with van der Waals surface area (Å²) in [7, 11) is 0. The maximum atomic E-state index is 13.7. The van der Waals surface area contributed by atoms with Crippen LogP contribution in [-0.4, -0.2) is 43.6 Å². The van der Waals surface area contributed by atoms with Crippen LogP contribution in [0.2, 0.25) is 0 Å². The third kappa shape index (κ3) is 1.84. The molecule has 1 saturated heterocycles. The van der Waals surface area contributed by atoms with Crippen molar-refractivity contribution in [2.24, 2.45) is 0 Å². The molecule has 19 heavy (non-hydrogen) atoms. The molecule has 1 fully saturated rings. The first kappa shape index (κ1) is 12.3. The Balaban J connectivity index is 2.08. The van der Waals surface area contributed by atoms with Gasteiger partial charge in [0.25, 0.3) is 5.56 Å². The van der Waals surface area contributed by atoms with Gasteiger partial charge in [0.15, 0.2) is 11.5 Å². The van der Waals surface area contributed by atoms with Crippen LogP contribution < -0.4 is 5.56 Å². The summed E-state index contributed by atoms with van der Waals surface area (Å²) in [4.78, 5) is 17.8. The monoisotopic (exact) mass is 269 g/mol. The lowest BCUT2D eigenvalue weighted by molar-refractivity contribution is -0.0431. The summed E-state index contributed by atoms with van der Waals surface area (Å²) in [5.41, 5.74) is -0.421. The van der Waals surface area contributed by atoms with Crippen LogP contribution in [0.15, 0.2) is 17.3 Å². The third-order valence-corrected chi connectivity index (χ3v) is 3.26. The third-order valence-electron chi connectivity index (χ3n) is 3.26. The predicted octanol–water partition coefficient (Wildman–Crippen LogP) is -0.496. The molecule has 0 amide bonds. The quantitative estimate of drug-likeness (QED) is 0.682. The normalized spacial score (nSPS) is 27.2. The van der Waals surface area contributed by atoms with E-state index < -0.39 is 29.8 Å².